The molecule has 0 aliphatic heterocycles. The highest BCUT2D eigenvalue weighted by Gasteiger charge is 2.24. The van der Waals surface area contributed by atoms with E-state index < -0.39 is 0 Å². The molecule has 44 heavy (non-hydrogen) atoms. The molecule has 0 radical (unpaired) electrons. The van der Waals surface area contributed by atoms with Gasteiger partial charge in [0.05, 0.1) is 31.7 Å². The third kappa shape index (κ3) is 7.10. The van der Waals surface area contributed by atoms with Crippen molar-refractivity contribution in [3.8, 4) is 11.4 Å². The maximum Gasteiger partial charge on any atom is 0.277 e. The minimum absolute atomic E-state index is 0. The molecule has 0 spiro atoms. The number of hydrogen-bond donors (Lipinski definition) is 0. The third-order valence-electron chi connectivity index (χ3n) is 8.56. The molecule has 4 aromatic carbocycles. The van der Waals surface area contributed by atoms with E-state index in [1.807, 2.05) is 4.90 Å². The van der Waals surface area contributed by atoms with E-state index in [2.05, 4.69) is 124 Å². The highest BCUT2D eigenvalue weighted by Crippen LogP contribution is 2.37. The summed E-state index contributed by atoms with van der Waals surface area (Å²) < 4.78 is 3.16. The smallest absolute Gasteiger partial charge is 0.277 e. The van der Waals surface area contributed by atoms with E-state index >= 15 is 0 Å². The van der Waals surface area contributed by atoms with Crippen molar-refractivity contribution in [1.29, 1.82) is 0 Å². The standard InChI is InChI=1S/C37H48N5O.BrH/c1-7-23-40(24-8-2)34(43)27-42(5,6)26-14-13-25-41-36-33-18-12-10-16-31(33)30-15-9-11-17-32(30)35(36)38-37(41)28-19-21-29(22-20-28)39(3)4;/h9-12,15-22H,7-8,13-14,23-27H2,1-6H3;1H/q+1;/p-1. The first-order valence-electron chi connectivity index (χ1n) is 15.9. The van der Waals surface area contributed by atoms with Crippen molar-refractivity contribution < 1.29 is 26.3 Å². The second-order valence-corrected chi connectivity index (χ2v) is 12.7. The number of amides is 1. The number of benzene rings is 4. The molecule has 0 fully saturated rings. The van der Waals surface area contributed by atoms with Gasteiger partial charge >= 0.3 is 0 Å². The lowest BCUT2D eigenvalue weighted by molar-refractivity contribution is -0.883. The fourth-order valence-electron chi connectivity index (χ4n) is 6.37. The highest BCUT2D eigenvalue weighted by atomic mass is 79.9. The summed E-state index contributed by atoms with van der Waals surface area (Å²) in [6.45, 7) is 8.37. The molecule has 0 aliphatic rings. The molecule has 234 valence electrons. The number of halogens is 1. The molecule has 0 bridgehead atoms. The van der Waals surface area contributed by atoms with Crippen LogP contribution in [0.2, 0.25) is 0 Å². The number of aryl methyl sites for hydroxylation is 1. The monoisotopic (exact) mass is 657 g/mol. The topological polar surface area (TPSA) is 41.4 Å². The molecule has 6 nitrogen and oxygen atoms in total. The van der Waals surface area contributed by atoms with Crippen LogP contribution in [0.3, 0.4) is 0 Å². The summed E-state index contributed by atoms with van der Waals surface area (Å²) in [5.74, 6) is 1.29. The SMILES string of the molecule is CCCN(CCC)C(=O)C[N+](C)(C)CCCCn1c(-c2ccc(N(C)C)cc2)nc2c3ccccc3c3ccccc3c21.[Br-]. The molecule has 0 aliphatic carbocycles. The fraction of sp³-hybridized carbons (Fsp3) is 0.405. The van der Waals surface area contributed by atoms with E-state index in [0.717, 1.165) is 68.8 Å². The van der Waals surface area contributed by atoms with Gasteiger partial charge in [0.1, 0.15) is 5.82 Å². The number of anilines is 1. The first kappa shape index (κ1) is 33.5. The molecule has 1 heterocycles. The van der Waals surface area contributed by atoms with Crippen LogP contribution >= 0.6 is 0 Å². The Balaban J connectivity index is 0.00000442. The van der Waals surface area contributed by atoms with E-state index in [1.165, 1.54) is 32.7 Å². The number of carbonyl (C=O) groups is 1. The molecule has 1 amide bonds. The van der Waals surface area contributed by atoms with Gasteiger partial charge in [-0.3, -0.25) is 4.79 Å². The Bertz CT molecular complexity index is 1700. The number of likely N-dealkylation sites (N-methyl/N-ethyl adjacent to an activating group) is 1. The number of nitrogens with zero attached hydrogens (tertiary/aromatic N) is 5. The number of fused-ring (bicyclic) bond motifs is 6. The summed E-state index contributed by atoms with van der Waals surface area (Å²) in [5, 5.41) is 4.95. The van der Waals surface area contributed by atoms with E-state index in [0.29, 0.717) is 11.0 Å². The largest absolute Gasteiger partial charge is 1.00 e. The van der Waals surface area contributed by atoms with Crippen LogP contribution in [0.1, 0.15) is 39.5 Å². The van der Waals surface area contributed by atoms with Crippen LogP contribution in [-0.2, 0) is 11.3 Å². The lowest BCUT2D eigenvalue weighted by Crippen LogP contribution is -3.00. The van der Waals surface area contributed by atoms with Gasteiger partial charge in [-0.1, -0.05) is 62.4 Å². The molecule has 0 saturated carbocycles. The Labute approximate surface area is 273 Å². The molecule has 5 rings (SSSR count). The van der Waals surface area contributed by atoms with Gasteiger partial charge in [0.25, 0.3) is 5.91 Å². The van der Waals surface area contributed by atoms with Crippen LogP contribution in [0, 0.1) is 0 Å². The average molecular weight is 659 g/mol. The molecule has 1 aromatic heterocycles. The minimum atomic E-state index is 0. The van der Waals surface area contributed by atoms with E-state index in [9.17, 15) is 4.79 Å². The van der Waals surface area contributed by atoms with Crippen molar-refractivity contribution in [2.45, 2.75) is 46.1 Å². The Kier molecular flexibility index (Phi) is 11.1. The molecular formula is C37H48BrN5O. The summed E-state index contributed by atoms with van der Waals surface area (Å²) >= 11 is 0. The van der Waals surface area contributed by atoms with Crippen LogP contribution in [0.25, 0.3) is 44.0 Å². The molecule has 0 N–H and O–H groups in total. The van der Waals surface area contributed by atoms with Crippen LogP contribution in [0.4, 0.5) is 5.69 Å². The summed E-state index contributed by atoms with van der Waals surface area (Å²) in [5.41, 5.74) is 4.58. The number of quaternary nitrogens is 1. The fourth-order valence-corrected chi connectivity index (χ4v) is 6.37. The van der Waals surface area contributed by atoms with Crippen LogP contribution in [0.15, 0.2) is 72.8 Å². The molecule has 5 aromatic rings. The Morgan fingerprint density at radius 3 is 1.95 bits per heavy atom. The maximum atomic E-state index is 13.1. The average Bonchev–Trinajstić information content (AvgIpc) is 3.39. The molecule has 0 unspecified atom stereocenters. The zero-order valence-electron chi connectivity index (χ0n) is 27.3. The number of hydrogen-bond acceptors (Lipinski definition) is 3. The minimum Gasteiger partial charge on any atom is -1.00 e. The predicted octanol–water partition coefficient (Wildman–Crippen LogP) is 4.58. The first-order valence-corrected chi connectivity index (χ1v) is 15.9. The van der Waals surface area contributed by atoms with Crippen molar-refractivity contribution in [3.05, 3.63) is 72.8 Å². The quantitative estimate of drug-likeness (QED) is 0.106. The number of imidazole rings is 1. The normalized spacial score (nSPS) is 11.7. The highest BCUT2D eigenvalue weighted by molar-refractivity contribution is 6.23. The van der Waals surface area contributed by atoms with Gasteiger partial charge in [0.15, 0.2) is 6.54 Å². The van der Waals surface area contributed by atoms with Crippen LogP contribution in [-0.4, -0.2) is 79.2 Å². The zero-order chi connectivity index (χ0) is 30.6. The number of rotatable bonds is 13. The molecule has 0 atom stereocenters. The van der Waals surface area contributed by atoms with Gasteiger partial charge in [-0.05, 0) is 60.7 Å². The summed E-state index contributed by atoms with van der Waals surface area (Å²) in [7, 11) is 8.53. The third-order valence-corrected chi connectivity index (χ3v) is 8.56. The summed E-state index contributed by atoms with van der Waals surface area (Å²) in [6, 6.07) is 26.1. The number of aromatic nitrogens is 2. The number of carbonyl (C=O) groups excluding carboxylic acids is 1. The predicted molar refractivity (Wildman–Crippen MR) is 183 cm³/mol. The van der Waals surface area contributed by atoms with Crippen molar-refractivity contribution in [2.75, 3.05) is 59.3 Å². The van der Waals surface area contributed by atoms with E-state index in [4.69, 9.17) is 4.98 Å². The van der Waals surface area contributed by atoms with Crippen LogP contribution in [0.5, 0.6) is 0 Å². The van der Waals surface area contributed by atoms with Gasteiger partial charge in [-0.2, -0.15) is 0 Å². The van der Waals surface area contributed by atoms with Gasteiger partial charge in [-0.25, -0.2) is 4.98 Å². The van der Waals surface area contributed by atoms with Gasteiger partial charge in [0, 0.05) is 55.8 Å². The Morgan fingerprint density at radius 1 is 0.795 bits per heavy atom. The van der Waals surface area contributed by atoms with Gasteiger partial charge in [-0.15, -0.1) is 0 Å². The van der Waals surface area contributed by atoms with E-state index in [1.54, 1.807) is 0 Å². The van der Waals surface area contributed by atoms with Gasteiger partial charge in [0.2, 0.25) is 0 Å². The van der Waals surface area contributed by atoms with Crippen LogP contribution < -0.4 is 21.9 Å². The van der Waals surface area contributed by atoms with E-state index in [-0.39, 0.29) is 22.9 Å². The van der Waals surface area contributed by atoms with Gasteiger partial charge < -0.3 is 35.8 Å². The Hall–Kier alpha value is -3.42. The molecular weight excluding hydrogens is 610 g/mol. The summed E-state index contributed by atoms with van der Waals surface area (Å²) in [6.07, 6.45) is 4.05. The maximum absolute atomic E-state index is 13.1. The second-order valence-electron chi connectivity index (χ2n) is 12.7. The second kappa shape index (κ2) is 14.6. The van der Waals surface area contributed by atoms with Crippen molar-refractivity contribution in [3.63, 3.8) is 0 Å². The summed E-state index contributed by atoms with van der Waals surface area (Å²) in [4.78, 5) is 22.6. The molecule has 0 saturated heterocycles. The van der Waals surface area contributed by atoms with Crippen molar-refractivity contribution >= 4 is 44.2 Å². The van der Waals surface area contributed by atoms with Crippen molar-refractivity contribution in [2.24, 2.45) is 0 Å². The Morgan fingerprint density at radius 2 is 1.36 bits per heavy atom. The lowest BCUT2D eigenvalue weighted by atomic mass is 10.00. The van der Waals surface area contributed by atoms with Crippen molar-refractivity contribution in [1.82, 2.24) is 14.5 Å². The molecule has 7 heteroatoms. The first-order chi connectivity index (χ1) is 20.7. The zero-order valence-corrected chi connectivity index (χ0v) is 28.9. The number of unbranched alkanes of at least 4 members (excludes halogenated alkanes) is 1. The lowest BCUT2D eigenvalue weighted by Gasteiger charge is -2.32.